The monoisotopic (exact) mass is 511 g/mol. The predicted molar refractivity (Wildman–Crippen MR) is 122 cm³/mol. The number of nitrogens with one attached hydrogen (secondary N) is 1. The van der Waals surface area contributed by atoms with Gasteiger partial charge in [0.1, 0.15) is 6.61 Å². The fraction of sp³-hybridized carbons (Fsp3) is 0.350. The van der Waals surface area contributed by atoms with Crippen molar-refractivity contribution in [2.75, 3.05) is 18.9 Å². The van der Waals surface area contributed by atoms with E-state index in [0.717, 1.165) is 38.8 Å². The average molecular weight is 513 g/mol. The Morgan fingerprint density at radius 3 is 2.67 bits per heavy atom. The van der Waals surface area contributed by atoms with E-state index < -0.39 is 0 Å². The van der Waals surface area contributed by atoms with Crippen molar-refractivity contribution in [2.24, 2.45) is 7.05 Å². The molecule has 0 bridgehead atoms. The fourth-order valence-corrected chi connectivity index (χ4v) is 4.13. The van der Waals surface area contributed by atoms with Crippen molar-refractivity contribution >= 4 is 39.3 Å². The quantitative estimate of drug-likeness (QED) is 0.300. The molecular weight excluding hydrogens is 490 g/mol. The Balaban J connectivity index is 1.56. The molecule has 2 aromatic carbocycles. The number of aryl methyl sites for hydroxylation is 1. The van der Waals surface area contributed by atoms with E-state index in [2.05, 4.69) is 36.8 Å². The molecule has 0 amide bonds. The van der Waals surface area contributed by atoms with E-state index in [0.29, 0.717) is 30.5 Å². The lowest BCUT2D eigenvalue weighted by Gasteiger charge is -2.16. The van der Waals surface area contributed by atoms with Gasteiger partial charge >= 0.3 is 0 Å². The average Bonchev–Trinajstić information content (AvgIpc) is 3.13. The minimum atomic E-state index is 0.432. The van der Waals surface area contributed by atoms with Crippen molar-refractivity contribution in [3.8, 4) is 11.5 Å². The normalized spacial score (nSPS) is 10.9. The van der Waals surface area contributed by atoms with Gasteiger partial charge < -0.3 is 14.8 Å². The van der Waals surface area contributed by atoms with Gasteiger partial charge in [0, 0.05) is 30.9 Å². The predicted octanol–water partition coefficient (Wildman–Crippen LogP) is 4.49. The minimum Gasteiger partial charge on any atom is -0.490 e. The summed E-state index contributed by atoms with van der Waals surface area (Å²) in [6.07, 6.45) is 0. The molecule has 0 atom stereocenters. The first kappa shape index (κ1) is 22.9. The van der Waals surface area contributed by atoms with Gasteiger partial charge in [0.25, 0.3) is 0 Å². The Morgan fingerprint density at radius 2 is 1.97 bits per heavy atom. The summed E-state index contributed by atoms with van der Waals surface area (Å²) in [5.74, 6) is 2.29. The maximum absolute atomic E-state index is 6.04. The molecule has 1 N–H and O–H groups in total. The van der Waals surface area contributed by atoms with Crippen LogP contribution in [0.5, 0.6) is 11.5 Å². The summed E-state index contributed by atoms with van der Waals surface area (Å²) in [7, 11) is 1.83. The van der Waals surface area contributed by atoms with E-state index >= 15 is 0 Å². The lowest BCUT2D eigenvalue weighted by Crippen LogP contribution is -2.17. The van der Waals surface area contributed by atoms with Gasteiger partial charge in [0.15, 0.2) is 11.5 Å². The van der Waals surface area contributed by atoms with Gasteiger partial charge in [-0.15, -0.1) is 5.10 Å². The van der Waals surface area contributed by atoms with Crippen LogP contribution in [0.1, 0.15) is 18.1 Å². The lowest BCUT2D eigenvalue weighted by atomic mass is 10.2. The molecule has 3 aromatic rings. The van der Waals surface area contributed by atoms with Gasteiger partial charge in [0.2, 0.25) is 5.16 Å². The number of ether oxygens (including phenoxy) is 2. The number of benzene rings is 2. The zero-order valence-corrected chi connectivity index (χ0v) is 19.9. The smallest absolute Gasteiger partial charge is 0.209 e. The second-order valence-electron chi connectivity index (χ2n) is 6.36. The largest absolute Gasteiger partial charge is 0.490 e. The Labute approximate surface area is 193 Å². The lowest BCUT2D eigenvalue weighted by molar-refractivity contribution is 0.267. The summed E-state index contributed by atoms with van der Waals surface area (Å²) in [4.78, 5) is 0. The molecule has 0 unspecified atom stereocenters. The van der Waals surface area contributed by atoms with Crippen molar-refractivity contribution in [3.63, 3.8) is 0 Å². The summed E-state index contributed by atoms with van der Waals surface area (Å²) in [6.45, 7) is 4.49. The zero-order valence-electron chi connectivity index (χ0n) is 16.8. The van der Waals surface area contributed by atoms with Crippen LogP contribution in [0.2, 0.25) is 5.02 Å². The Morgan fingerprint density at radius 1 is 1.17 bits per heavy atom. The van der Waals surface area contributed by atoms with Crippen LogP contribution >= 0.6 is 39.3 Å². The first-order valence-electron chi connectivity index (χ1n) is 9.45. The molecule has 3 rings (SSSR count). The van der Waals surface area contributed by atoms with Gasteiger partial charge in [-0.1, -0.05) is 35.5 Å². The number of nitrogens with zero attached hydrogens (tertiary/aromatic N) is 4. The molecule has 0 aliphatic carbocycles. The maximum atomic E-state index is 6.04. The van der Waals surface area contributed by atoms with Crippen LogP contribution in [0, 0.1) is 0 Å². The third-order valence-electron chi connectivity index (χ3n) is 4.09. The molecule has 10 heteroatoms. The third kappa shape index (κ3) is 6.60. The number of hydrogen-bond donors (Lipinski definition) is 1. The number of tetrazole rings is 1. The van der Waals surface area contributed by atoms with E-state index in [-0.39, 0.29) is 0 Å². The summed E-state index contributed by atoms with van der Waals surface area (Å²) in [6, 6.07) is 11.7. The second-order valence-corrected chi connectivity index (χ2v) is 8.72. The fourth-order valence-electron chi connectivity index (χ4n) is 2.65. The topological polar surface area (TPSA) is 74.1 Å². The standard InChI is InChI=1S/C20H23BrClN5O2S/c1-3-28-18-11-15(12-23-8-9-30-20-24-25-26-27(20)2)10-17(21)19(18)29-13-14-4-6-16(22)7-5-14/h4-7,10-11,23H,3,8-9,12-13H2,1-2H3. The Kier molecular flexibility index (Phi) is 8.80. The van der Waals surface area contributed by atoms with E-state index in [1.165, 1.54) is 0 Å². The van der Waals surface area contributed by atoms with Gasteiger partial charge in [-0.05, 0) is 68.7 Å². The summed E-state index contributed by atoms with van der Waals surface area (Å²) >= 11 is 11.2. The Bertz CT molecular complexity index is 955. The van der Waals surface area contributed by atoms with Crippen molar-refractivity contribution in [1.82, 2.24) is 25.5 Å². The second kappa shape index (κ2) is 11.5. The summed E-state index contributed by atoms with van der Waals surface area (Å²) in [5.41, 5.74) is 2.14. The van der Waals surface area contributed by atoms with Crippen LogP contribution in [-0.2, 0) is 20.2 Å². The molecule has 0 fully saturated rings. The minimum absolute atomic E-state index is 0.432. The highest BCUT2D eigenvalue weighted by atomic mass is 79.9. The van der Waals surface area contributed by atoms with E-state index in [1.54, 1.807) is 16.4 Å². The number of halogens is 2. The molecular formula is C20H23BrClN5O2S. The molecule has 0 aliphatic rings. The summed E-state index contributed by atoms with van der Waals surface area (Å²) < 4.78 is 14.4. The van der Waals surface area contributed by atoms with Crippen LogP contribution in [0.3, 0.4) is 0 Å². The van der Waals surface area contributed by atoms with E-state index in [4.69, 9.17) is 21.1 Å². The van der Waals surface area contributed by atoms with Crippen molar-refractivity contribution in [1.29, 1.82) is 0 Å². The van der Waals surface area contributed by atoms with Crippen LogP contribution in [0.15, 0.2) is 46.0 Å². The van der Waals surface area contributed by atoms with Crippen LogP contribution in [0.25, 0.3) is 0 Å². The maximum Gasteiger partial charge on any atom is 0.209 e. The molecule has 1 heterocycles. The number of thioether (sulfide) groups is 1. The van der Waals surface area contributed by atoms with Crippen molar-refractivity contribution < 1.29 is 9.47 Å². The summed E-state index contributed by atoms with van der Waals surface area (Å²) in [5, 5.41) is 16.4. The Hall–Kier alpha value is -1.81. The molecule has 1 aromatic heterocycles. The molecule has 0 saturated heterocycles. The van der Waals surface area contributed by atoms with Crippen molar-refractivity contribution in [2.45, 2.75) is 25.2 Å². The number of hydrogen-bond acceptors (Lipinski definition) is 7. The van der Waals surface area contributed by atoms with E-state index in [1.807, 2.05) is 50.4 Å². The van der Waals surface area contributed by atoms with Gasteiger partial charge in [-0.2, -0.15) is 0 Å². The molecule has 0 aliphatic heterocycles. The van der Waals surface area contributed by atoms with Crippen LogP contribution < -0.4 is 14.8 Å². The molecule has 0 radical (unpaired) electrons. The molecule has 160 valence electrons. The highest BCUT2D eigenvalue weighted by molar-refractivity contribution is 9.10. The SMILES string of the molecule is CCOc1cc(CNCCSc2nnnn2C)cc(Br)c1OCc1ccc(Cl)cc1. The molecule has 30 heavy (non-hydrogen) atoms. The zero-order chi connectivity index (χ0) is 21.3. The van der Waals surface area contributed by atoms with Gasteiger partial charge in [0.05, 0.1) is 11.1 Å². The molecule has 7 nitrogen and oxygen atoms in total. The molecule has 0 saturated carbocycles. The van der Waals surface area contributed by atoms with Crippen LogP contribution in [-0.4, -0.2) is 39.1 Å². The molecule has 0 spiro atoms. The van der Waals surface area contributed by atoms with Gasteiger partial charge in [-0.3, -0.25) is 0 Å². The highest BCUT2D eigenvalue weighted by Crippen LogP contribution is 2.37. The first-order valence-corrected chi connectivity index (χ1v) is 11.6. The van der Waals surface area contributed by atoms with E-state index in [9.17, 15) is 0 Å². The van der Waals surface area contributed by atoms with Gasteiger partial charge in [-0.25, -0.2) is 4.68 Å². The highest BCUT2D eigenvalue weighted by Gasteiger charge is 2.13. The first-order chi connectivity index (χ1) is 14.6. The van der Waals surface area contributed by atoms with Crippen LogP contribution in [0.4, 0.5) is 0 Å². The number of aromatic nitrogens is 4. The van der Waals surface area contributed by atoms with Crippen molar-refractivity contribution in [3.05, 3.63) is 57.0 Å². The number of rotatable bonds is 11. The third-order valence-corrected chi connectivity index (χ3v) is 5.94.